The molecule has 0 spiro atoms. The number of nitrogens with two attached hydrogens (primary N) is 1. The first kappa shape index (κ1) is 25.8. The van der Waals surface area contributed by atoms with Crippen molar-refractivity contribution < 1.29 is 24.4 Å². The van der Waals surface area contributed by atoms with Crippen LogP contribution in [0.15, 0.2) is 10.7 Å². The molecule has 0 aliphatic heterocycles. The van der Waals surface area contributed by atoms with Gasteiger partial charge < -0.3 is 30.6 Å². The highest BCUT2D eigenvalue weighted by Crippen LogP contribution is 2.33. The van der Waals surface area contributed by atoms with Crippen LogP contribution < -0.4 is 15.8 Å². The van der Waals surface area contributed by atoms with Crippen molar-refractivity contribution >= 4 is 22.9 Å². The van der Waals surface area contributed by atoms with Gasteiger partial charge >= 0.3 is 6.09 Å². The van der Waals surface area contributed by atoms with Gasteiger partial charge in [0.1, 0.15) is 23.4 Å². The summed E-state index contributed by atoms with van der Waals surface area (Å²) in [4.78, 5) is 20.6. The number of ether oxygens (including phenoxy) is 1. The lowest BCUT2D eigenvalue weighted by atomic mass is 9.75. The number of nitrogen functional groups attached to an aromatic ring is 1. The fourth-order valence-electron chi connectivity index (χ4n) is 3.22. The van der Waals surface area contributed by atoms with E-state index in [0.717, 1.165) is 0 Å². The van der Waals surface area contributed by atoms with Crippen molar-refractivity contribution in [2.45, 2.75) is 66.2 Å². The average Bonchev–Trinajstić information content (AvgIpc) is 3.31. The van der Waals surface area contributed by atoms with Gasteiger partial charge in [-0.2, -0.15) is 0 Å². The van der Waals surface area contributed by atoms with E-state index >= 15 is 0 Å². The van der Waals surface area contributed by atoms with Crippen LogP contribution in [0.3, 0.4) is 0 Å². The number of fused-ring (bicyclic) bond motifs is 1. The number of nitrogens with one attached hydrogen (secondary N) is 1. The Morgan fingerprint density at radius 3 is 2.43 bits per heavy atom. The maximum atomic E-state index is 11.4. The van der Waals surface area contributed by atoms with E-state index in [1.165, 1.54) is 0 Å². The minimum Gasteiger partial charge on any atom is -0.475 e. The molecule has 3 aromatic heterocycles. The van der Waals surface area contributed by atoms with Crippen molar-refractivity contribution in [1.29, 1.82) is 0 Å². The van der Waals surface area contributed by atoms with Crippen LogP contribution in [0, 0.1) is 17.3 Å². The summed E-state index contributed by atoms with van der Waals surface area (Å²) in [5, 5.41) is 29.5. The van der Waals surface area contributed by atoms with E-state index in [-0.39, 0.29) is 29.7 Å². The number of imidazole rings is 1. The number of nitrogens with zero attached hydrogens (tertiary/aromatic N) is 5. The highest BCUT2D eigenvalue weighted by atomic mass is 16.6. The zero-order valence-corrected chi connectivity index (χ0v) is 20.9. The molecule has 0 saturated carbocycles. The van der Waals surface area contributed by atoms with Crippen LogP contribution in [0.1, 0.15) is 54.2 Å². The summed E-state index contributed by atoms with van der Waals surface area (Å²) in [5.74, 6) is 6.35. The van der Waals surface area contributed by atoms with Crippen LogP contribution in [-0.2, 0) is 6.54 Å². The number of carboxylic acid groups (broad SMARTS) is 1. The molecule has 12 heteroatoms. The van der Waals surface area contributed by atoms with Crippen molar-refractivity contribution in [2.75, 3.05) is 12.3 Å². The first-order valence-corrected chi connectivity index (χ1v) is 11.0. The first-order valence-electron chi connectivity index (χ1n) is 11.0. The minimum atomic E-state index is -1.27. The zero-order chi connectivity index (χ0) is 26.2. The van der Waals surface area contributed by atoms with Gasteiger partial charge in [0, 0.05) is 12.6 Å². The third kappa shape index (κ3) is 5.46. The number of aryl methyl sites for hydroxylation is 1. The zero-order valence-electron chi connectivity index (χ0n) is 20.9. The van der Waals surface area contributed by atoms with Crippen molar-refractivity contribution in [1.82, 2.24) is 30.2 Å². The Morgan fingerprint density at radius 2 is 1.91 bits per heavy atom. The standard InChI is InChI=1S/C23H31N7O5/c1-8-30-14-11-15(34-12-23(7,21(2,3)4)27-20(31)32)25-13(9-10-22(5,6)33)16(14)26-19(30)17-18(24)29-35-28-17/h11,27,33H,8,12H2,1-7H3,(H2,24,29)(H,31,32)/t23-/m1/s1. The van der Waals surface area contributed by atoms with Crippen molar-refractivity contribution in [3.05, 3.63) is 11.8 Å². The Hall–Kier alpha value is -3.85. The molecule has 0 aromatic carbocycles. The summed E-state index contributed by atoms with van der Waals surface area (Å²) in [7, 11) is 0. The van der Waals surface area contributed by atoms with Gasteiger partial charge in [0.05, 0.1) is 11.1 Å². The van der Waals surface area contributed by atoms with Gasteiger partial charge in [-0.05, 0) is 49.3 Å². The van der Waals surface area contributed by atoms with E-state index < -0.39 is 22.6 Å². The quantitative estimate of drug-likeness (QED) is 0.380. The van der Waals surface area contributed by atoms with Crippen LogP contribution in [0.4, 0.5) is 10.6 Å². The molecule has 35 heavy (non-hydrogen) atoms. The molecular weight excluding hydrogens is 454 g/mol. The van der Waals surface area contributed by atoms with Crippen molar-refractivity contribution in [3.8, 4) is 29.2 Å². The fraction of sp³-hybridized carbons (Fsp3) is 0.522. The van der Waals surface area contributed by atoms with Gasteiger partial charge in [0.25, 0.3) is 0 Å². The monoisotopic (exact) mass is 485 g/mol. The third-order valence-corrected chi connectivity index (χ3v) is 5.79. The number of anilines is 1. The average molecular weight is 486 g/mol. The lowest BCUT2D eigenvalue weighted by molar-refractivity contribution is 0.0810. The van der Waals surface area contributed by atoms with Crippen molar-refractivity contribution in [3.63, 3.8) is 0 Å². The number of amides is 1. The second kappa shape index (κ2) is 9.07. The molecule has 3 aromatic rings. The normalized spacial score (nSPS) is 13.7. The SMILES string of the molecule is CCn1c(-c2nonc2N)nc2c(C#CC(C)(C)O)nc(OC[C@@](C)(NC(=O)O)C(C)(C)C)cc21. The number of carbonyl (C=O) groups is 1. The largest absolute Gasteiger partial charge is 0.475 e. The molecule has 3 rings (SSSR count). The second-order valence-corrected chi connectivity index (χ2v) is 9.96. The number of rotatable bonds is 6. The van der Waals surface area contributed by atoms with Crippen LogP contribution >= 0.6 is 0 Å². The Morgan fingerprint density at radius 1 is 1.23 bits per heavy atom. The van der Waals surface area contributed by atoms with E-state index in [2.05, 4.69) is 37.4 Å². The van der Waals surface area contributed by atoms with E-state index in [1.54, 1.807) is 26.8 Å². The number of hydrogen-bond donors (Lipinski definition) is 4. The molecule has 12 nitrogen and oxygen atoms in total. The Bertz CT molecular complexity index is 1300. The molecule has 0 saturated heterocycles. The Balaban J connectivity index is 2.16. The van der Waals surface area contributed by atoms with E-state index in [9.17, 15) is 15.0 Å². The molecule has 3 heterocycles. The van der Waals surface area contributed by atoms with Crippen LogP contribution in [-0.4, -0.2) is 58.9 Å². The fourth-order valence-corrected chi connectivity index (χ4v) is 3.22. The van der Waals surface area contributed by atoms with Gasteiger partial charge in [0.2, 0.25) is 5.88 Å². The first-order chi connectivity index (χ1) is 16.1. The van der Waals surface area contributed by atoms with E-state index in [0.29, 0.717) is 23.4 Å². The minimum absolute atomic E-state index is 0.00689. The summed E-state index contributed by atoms with van der Waals surface area (Å²) in [5.41, 5.74) is 4.88. The molecule has 1 atom stereocenters. The predicted molar refractivity (Wildman–Crippen MR) is 129 cm³/mol. The predicted octanol–water partition coefficient (Wildman–Crippen LogP) is 2.66. The summed E-state index contributed by atoms with van der Waals surface area (Å²) in [6.07, 6.45) is -1.15. The number of hydrogen-bond acceptors (Lipinski definition) is 9. The van der Waals surface area contributed by atoms with Crippen LogP contribution in [0.5, 0.6) is 5.88 Å². The van der Waals surface area contributed by atoms with E-state index in [4.69, 9.17) is 15.1 Å². The Kier molecular flexibility index (Phi) is 6.68. The highest BCUT2D eigenvalue weighted by molar-refractivity contribution is 5.86. The van der Waals surface area contributed by atoms with E-state index in [1.807, 2.05) is 32.3 Å². The number of aliphatic hydroxyl groups is 1. The molecule has 0 unspecified atom stereocenters. The van der Waals surface area contributed by atoms with Crippen LogP contribution in [0.25, 0.3) is 22.6 Å². The lowest BCUT2D eigenvalue weighted by Gasteiger charge is -2.41. The Labute approximate surface area is 202 Å². The molecule has 0 aliphatic carbocycles. The second-order valence-electron chi connectivity index (χ2n) is 9.96. The van der Waals surface area contributed by atoms with Gasteiger partial charge in [-0.25, -0.2) is 19.4 Å². The summed E-state index contributed by atoms with van der Waals surface area (Å²) in [6, 6.07) is 1.69. The maximum absolute atomic E-state index is 11.4. The number of aromatic nitrogens is 5. The lowest BCUT2D eigenvalue weighted by Crippen LogP contribution is -2.58. The van der Waals surface area contributed by atoms with Gasteiger partial charge in [0.15, 0.2) is 17.3 Å². The molecular formula is C23H31N7O5. The molecule has 5 N–H and O–H groups in total. The molecule has 188 valence electrons. The maximum Gasteiger partial charge on any atom is 0.405 e. The molecule has 0 radical (unpaired) electrons. The van der Waals surface area contributed by atoms with Crippen molar-refractivity contribution in [2.24, 2.45) is 5.41 Å². The summed E-state index contributed by atoms with van der Waals surface area (Å²) in [6.45, 7) is 13.1. The smallest absolute Gasteiger partial charge is 0.405 e. The van der Waals surface area contributed by atoms with Gasteiger partial charge in [-0.15, -0.1) is 0 Å². The molecule has 0 bridgehead atoms. The van der Waals surface area contributed by atoms with Gasteiger partial charge in [-0.1, -0.05) is 26.7 Å². The highest BCUT2D eigenvalue weighted by Gasteiger charge is 2.40. The third-order valence-electron chi connectivity index (χ3n) is 5.79. The van der Waals surface area contributed by atoms with Gasteiger partial charge in [-0.3, -0.25) is 0 Å². The van der Waals surface area contributed by atoms with Crippen LogP contribution in [0.2, 0.25) is 0 Å². The molecule has 0 fully saturated rings. The topological polar surface area (TPSA) is 174 Å². The molecule has 0 aliphatic rings. The molecule has 1 amide bonds. The number of pyridine rings is 1. The summed E-state index contributed by atoms with van der Waals surface area (Å²) < 4.78 is 12.6. The summed E-state index contributed by atoms with van der Waals surface area (Å²) >= 11 is 0.